The minimum absolute atomic E-state index is 0.140. The number of aryl methyl sites for hydroxylation is 1. The monoisotopic (exact) mass is 486 g/mol. The van der Waals surface area contributed by atoms with Crippen molar-refractivity contribution in [2.45, 2.75) is 23.8 Å². The van der Waals surface area contributed by atoms with Crippen LogP contribution in [0, 0.1) is 11.7 Å². The number of aromatic nitrogens is 2. The molecule has 1 amide bonds. The number of ether oxygens (including phenoxy) is 1. The van der Waals surface area contributed by atoms with E-state index < -0.39 is 21.9 Å². The van der Waals surface area contributed by atoms with Crippen molar-refractivity contribution in [1.82, 2.24) is 19.2 Å². The van der Waals surface area contributed by atoms with Crippen LogP contribution in [-0.4, -0.2) is 48.4 Å². The van der Waals surface area contributed by atoms with E-state index in [4.69, 9.17) is 4.74 Å². The zero-order chi connectivity index (χ0) is 24.3. The Morgan fingerprint density at radius 3 is 2.56 bits per heavy atom. The van der Waals surface area contributed by atoms with E-state index >= 15 is 0 Å². The highest BCUT2D eigenvalue weighted by Crippen LogP contribution is 2.28. The summed E-state index contributed by atoms with van der Waals surface area (Å²) in [4.78, 5) is 17.3. The van der Waals surface area contributed by atoms with Crippen molar-refractivity contribution >= 4 is 15.9 Å². The summed E-state index contributed by atoms with van der Waals surface area (Å²) < 4.78 is 48.2. The Balaban J connectivity index is 1.48. The third-order valence-corrected chi connectivity index (χ3v) is 8.04. The van der Waals surface area contributed by atoms with E-state index in [-0.39, 0.29) is 29.8 Å². The number of carbonyl (C=O) groups is 1. The lowest BCUT2D eigenvalue weighted by atomic mass is 9.96. The first-order valence-electron chi connectivity index (χ1n) is 11.0. The average molecular weight is 487 g/mol. The number of benzene rings is 2. The zero-order valence-corrected chi connectivity index (χ0v) is 19.8. The zero-order valence-electron chi connectivity index (χ0n) is 19.0. The molecule has 4 rings (SSSR count). The first-order valence-corrected chi connectivity index (χ1v) is 12.4. The maximum absolute atomic E-state index is 14.1. The van der Waals surface area contributed by atoms with Crippen LogP contribution in [0.25, 0.3) is 0 Å². The first kappa shape index (κ1) is 23.9. The standard InChI is InChI=1S/C24H27FN4O4S/c1-28-15-12-26-23(28)22(18-6-5-7-19(16-18)33-2)27-24(30)17-10-13-29(14-11-17)34(31,32)21-9-4-3-8-20(21)25/h3-9,12,15-17,22H,10-11,13-14H2,1-2H3,(H,27,30)/t22-/m1/s1. The Hall–Kier alpha value is -3.24. The second kappa shape index (κ2) is 9.94. The largest absolute Gasteiger partial charge is 0.497 e. The van der Waals surface area contributed by atoms with Crippen LogP contribution in [0.5, 0.6) is 5.75 Å². The number of carbonyl (C=O) groups excluding carboxylic acids is 1. The number of methoxy groups -OCH3 is 1. The van der Waals surface area contributed by atoms with E-state index in [9.17, 15) is 17.6 Å². The number of hydrogen-bond donors (Lipinski definition) is 1. The molecule has 8 nitrogen and oxygen atoms in total. The molecular formula is C24H27FN4O4S. The summed E-state index contributed by atoms with van der Waals surface area (Å²) in [5, 5.41) is 3.09. The van der Waals surface area contributed by atoms with Gasteiger partial charge in [-0.1, -0.05) is 24.3 Å². The lowest BCUT2D eigenvalue weighted by molar-refractivity contribution is -0.126. The molecule has 1 aliphatic rings. The van der Waals surface area contributed by atoms with Crippen molar-refractivity contribution in [1.29, 1.82) is 0 Å². The SMILES string of the molecule is COc1cccc([C@@H](NC(=O)C2CCN(S(=O)(=O)c3ccccc3F)CC2)c2nccn2C)c1. The van der Waals surface area contributed by atoms with Crippen LogP contribution in [-0.2, 0) is 21.9 Å². The fourth-order valence-corrected chi connectivity index (χ4v) is 5.72. The van der Waals surface area contributed by atoms with Gasteiger partial charge >= 0.3 is 0 Å². The molecule has 1 saturated heterocycles. The normalized spacial score (nSPS) is 16.2. The quantitative estimate of drug-likeness (QED) is 0.554. The lowest BCUT2D eigenvalue weighted by Crippen LogP contribution is -2.44. The number of amides is 1. The van der Waals surface area contributed by atoms with Gasteiger partial charge in [0, 0.05) is 38.4 Å². The highest BCUT2D eigenvalue weighted by atomic mass is 32.2. The molecule has 10 heteroatoms. The van der Waals surface area contributed by atoms with Crippen molar-refractivity contribution in [3.05, 3.63) is 78.1 Å². The second-order valence-electron chi connectivity index (χ2n) is 8.22. The Bertz CT molecular complexity index is 1270. The molecule has 0 bridgehead atoms. The smallest absolute Gasteiger partial charge is 0.245 e. The van der Waals surface area contributed by atoms with E-state index in [0.717, 1.165) is 11.6 Å². The summed E-state index contributed by atoms with van der Waals surface area (Å²) in [5.41, 5.74) is 0.821. The van der Waals surface area contributed by atoms with Gasteiger partial charge in [0.25, 0.3) is 0 Å². The molecule has 34 heavy (non-hydrogen) atoms. The number of nitrogens with one attached hydrogen (secondary N) is 1. The van der Waals surface area contributed by atoms with Crippen molar-refractivity contribution in [3.8, 4) is 5.75 Å². The van der Waals surface area contributed by atoms with Crippen LogP contribution in [0.3, 0.4) is 0 Å². The molecule has 3 aromatic rings. The highest BCUT2D eigenvalue weighted by molar-refractivity contribution is 7.89. The predicted octanol–water partition coefficient (Wildman–Crippen LogP) is 2.87. The van der Waals surface area contributed by atoms with Crippen molar-refractivity contribution in [2.75, 3.05) is 20.2 Å². The van der Waals surface area contributed by atoms with Crippen LogP contribution < -0.4 is 10.1 Å². The summed E-state index contributed by atoms with van der Waals surface area (Å²) in [6, 6.07) is 12.3. The van der Waals surface area contributed by atoms with Crippen molar-refractivity contribution in [2.24, 2.45) is 13.0 Å². The Morgan fingerprint density at radius 2 is 1.91 bits per heavy atom. The van der Waals surface area contributed by atoms with Crippen molar-refractivity contribution in [3.63, 3.8) is 0 Å². The van der Waals surface area contributed by atoms with Gasteiger partial charge < -0.3 is 14.6 Å². The summed E-state index contributed by atoms with van der Waals surface area (Å²) in [6.07, 6.45) is 4.15. The highest BCUT2D eigenvalue weighted by Gasteiger charge is 2.34. The van der Waals surface area contributed by atoms with E-state index in [1.165, 1.54) is 22.5 Å². The van der Waals surface area contributed by atoms with E-state index in [1.807, 2.05) is 35.9 Å². The topological polar surface area (TPSA) is 93.5 Å². The molecule has 180 valence electrons. The first-order chi connectivity index (χ1) is 16.3. The fourth-order valence-electron chi connectivity index (χ4n) is 4.18. The Morgan fingerprint density at radius 1 is 1.18 bits per heavy atom. The third kappa shape index (κ3) is 4.83. The number of piperidine rings is 1. The third-order valence-electron chi connectivity index (χ3n) is 6.11. The van der Waals surface area contributed by atoms with Gasteiger partial charge in [-0.25, -0.2) is 17.8 Å². The predicted molar refractivity (Wildman–Crippen MR) is 124 cm³/mol. The molecular weight excluding hydrogens is 459 g/mol. The van der Waals surface area contributed by atoms with Crippen molar-refractivity contribution < 1.29 is 22.3 Å². The molecule has 1 atom stereocenters. The van der Waals surface area contributed by atoms with Crippen LogP contribution in [0.1, 0.15) is 30.3 Å². The maximum atomic E-state index is 14.1. The lowest BCUT2D eigenvalue weighted by Gasteiger charge is -2.31. The molecule has 0 radical (unpaired) electrons. The average Bonchev–Trinajstić information content (AvgIpc) is 3.28. The number of nitrogens with zero attached hydrogens (tertiary/aromatic N) is 3. The molecule has 1 N–H and O–H groups in total. The molecule has 1 fully saturated rings. The maximum Gasteiger partial charge on any atom is 0.245 e. The van der Waals surface area contributed by atoms with Gasteiger partial charge in [0.1, 0.15) is 28.3 Å². The number of sulfonamides is 1. The van der Waals surface area contributed by atoms with Gasteiger partial charge in [-0.2, -0.15) is 4.31 Å². The van der Waals surface area contributed by atoms with Gasteiger partial charge in [-0.3, -0.25) is 4.79 Å². The summed E-state index contributed by atoms with van der Waals surface area (Å²) >= 11 is 0. The molecule has 0 aliphatic carbocycles. The number of rotatable bonds is 7. The van der Waals surface area contributed by atoms with Crippen LogP contribution in [0.4, 0.5) is 4.39 Å². The van der Waals surface area contributed by atoms with Crippen LogP contribution >= 0.6 is 0 Å². The van der Waals surface area contributed by atoms with E-state index in [1.54, 1.807) is 19.5 Å². The summed E-state index contributed by atoms with van der Waals surface area (Å²) in [5.74, 6) is -0.00319. The minimum atomic E-state index is -3.96. The Kier molecular flexibility index (Phi) is 6.99. The number of hydrogen-bond acceptors (Lipinski definition) is 5. The fraction of sp³-hybridized carbons (Fsp3) is 0.333. The van der Waals surface area contributed by atoms with Crippen LogP contribution in [0.2, 0.25) is 0 Å². The van der Waals surface area contributed by atoms with E-state index in [0.29, 0.717) is 24.4 Å². The van der Waals surface area contributed by atoms with Gasteiger partial charge in [0.15, 0.2) is 0 Å². The summed E-state index contributed by atoms with van der Waals surface area (Å²) in [7, 11) is -0.522. The number of imidazole rings is 1. The molecule has 1 aromatic heterocycles. The van der Waals surface area contributed by atoms with E-state index in [2.05, 4.69) is 10.3 Å². The number of halogens is 1. The van der Waals surface area contributed by atoms with Gasteiger partial charge in [0.05, 0.1) is 7.11 Å². The summed E-state index contributed by atoms with van der Waals surface area (Å²) in [6.45, 7) is 0.280. The molecule has 1 aliphatic heterocycles. The second-order valence-corrected chi connectivity index (χ2v) is 10.1. The molecule has 0 spiro atoms. The van der Waals surface area contributed by atoms with Gasteiger partial charge in [-0.05, 0) is 42.7 Å². The molecule has 2 aromatic carbocycles. The molecule has 2 heterocycles. The van der Waals surface area contributed by atoms with Gasteiger partial charge in [-0.15, -0.1) is 0 Å². The molecule has 0 unspecified atom stereocenters. The van der Waals surface area contributed by atoms with Gasteiger partial charge in [0.2, 0.25) is 15.9 Å². The Labute approximate surface area is 198 Å². The van der Waals surface area contributed by atoms with Crippen LogP contribution in [0.15, 0.2) is 65.8 Å². The minimum Gasteiger partial charge on any atom is -0.497 e. The molecule has 0 saturated carbocycles.